The number of nitrogens with zero attached hydrogens (tertiary/aromatic N) is 1. The van der Waals surface area contributed by atoms with E-state index in [0.717, 1.165) is 47.4 Å². The maximum absolute atomic E-state index is 11.7. The SMILES string of the molecule is CCCCC(=Nc1ccccc1)c1c(C(=O)O)ccc(C)c1C. The Kier molecular flexibility index (Phi) is 5.69. The molecule has 23 heavy (non-hydrogen) atoms. The highest BCUT2D eigenvalue weighted by molar-refractivity contribution is 6.10. The van der Waals surface area contributed by atoms with Crippen molar-refractivity contribution in [1.82, 2.24) is 0 Å². The first-order valence-electron chi connectivity index (χ1n) is 8.01. The Hall–Kier alpha value is -2.42. The highest BCUT2D eigenvalue weighted by atomic mass is 16.4. The normalized spacial score (nSPS) is 11.5. The second-order valence-corrected chi connectivity index (χ2v) is 5.73. The molecular formula is C20H23NO2. The fourth-order valence-corrected chi connectivity index (χ4v) is 2.61. The van der Waals surface area contributed by atoms with Crippen LogP contribution in [0, 0.1) is 13.8 Å². The van der Waals surface area contributed by atoms with E-state index >= 15 is 0 Å². The number of aromatic carboxylic acids is 1. The van der Waals surface area contributed by atoms with Crippen molar-refractivity contribution in [2.75, 3.05) is 0 Å². The first-order chi connectivity index (χ1) is 11.0. The van der Waals surface area contributed by atoms with E-state index in [1.165, 1.54) is 0 Å². The summed E-state index contributed by atoms with van der Waals surface area (Å²) in [6, 6.07) is 13.3. The molecule has 1 N–H and O–H groups in total. The van der Waals surface area contributed by atoms with Gasteiger partial charge in [0.15, 0.2) is 0 Å². The van der Waals surface area contributed by atoms with Crippen molar-refractivity contribution in [3.8, 4) is 0 Å². The maximum Gasteiger partial charge on any atom is 0.336 e. The summed E-state index contributed by atoms with van der Waals surface area (Å²) in [5.74, 6) is -0.902. The molecular weight excluding hydrogens is 286 g/mol. The highest BCUT2D eigenvalue weighted by Gasteiger charge is 2.18. The van der Waals surface area contributed by atoms with Crippen LogP contribution >= 0.6 is 0 Å². The Morgan fingerprint density at radius 1 is 1.09 bits per heavy atom. The minimum atomic E-state index is -0.902. The topological polar surface area (TPSA) is 49.7 Å². The molecule has 0 aliphatic rings. The third-order valence-corrected chi connectivity index (χ3v) is 4.04. The third kappa shape index (κ3) is 4.07. The van der Waals surface area contributed by atoms with Gasteiger partial charge in [0.05, 0.1) is 11.3 Å². The molecule has 0 radical (unpaired) electrons. The lowest BCUT2D eigenvalue weighted by Crippen LogP contribution is -2.12. The Labute approximate surface area is 137 Å². The number of carbonyl (C=O) groups is 1. The Morgan fingerprint density at radius 3 is 2.39 bits per heavy atom. The second-order valence-electron chi connectivity index (χ2n) is 5.73. The number of aryl methyl sites for hydroxylation is 1. The van der Waals surface area contributed by atoms with Gasteiger partial charge in [-0.15, -0.1) is 0 Å². The third-order valence-electron chi connectivity index (χ3n) is 4.04. The predicted molar refractivity (Wildman–Crippen MR) is 95.0 cm³/mol. The summed E-state index contributed by atoms with van der Waals surface area (Å²) in [6.45, 7) is 6.11. The number of para-hydroxylation sites is 1. The minimum Gasteiger partial charge on any atom is -0.478 e. The van der Waals surface area contributed by atoms with Crippen molar-refractivity contribution >= 4 is 17.4 Å². The zero-order valence-electron chi connectivity index (χ0n) is 14.0. The van der Waals surface area contributed by atoms with Crippen molar-refractivity contribution in [1.29, 1.82) is 0 Å². The Balaban J connectivity index is 2.62. The Bertz CT molecular complexity index is 718. The van der Waals surface area contributed by atoms with Crippen LogP contribution in [0.1, 0.15) is 53.2 Å². The molecule has 3 nitrogen and oxygen atoms in total. The number of rotatable bonds is 6. The molecule has 0 saturated heterocycles. The summed E-state index contributed by atoms with van der Waals surface area (Å²) < 4.78 is 0. The molecule has 0 aromatic heterocycles. The monoisotopic (exact) mass is 309 g/mol. The number of hydrogen-bond acceptors (Lipinski definition) is 2. The first-order valence-corrected chi connectivity index (χ1v) is 8.01. The number of carboxylic acid groups (broad SMARTS) is 1. The fourth-order valence-electron chi connectivity index (χ4n) is 2.61. The van der Waals surface area contributed by atoms with Gasteiger partial charge in [0, 0.05) is 11.3 Å². The fraction of sp³-hybridized carbons (Fsp3) is 0.300. The number of unbranched alkanes of at least 4 members (excludes halogenated alkanes) is 1. The molecule has 0 amide bonds. The van der Waals surface area contributed by atoms with Gasteiger partial charge < -0.3 is 5.11 Å². The van der Waals surface area contributed by atoms with Crippen molar-refractivity contribution in [2.45, 2.75) is 40.0 Å². The highest BCUT2D eigenvalue weighted by Crippen LogP contribution is 2.24. The maximum atomic E-state index is 11.7. The first kappa shape index (κ1) is 16.9. The average Bonchev–Trinajstić information content (AvgIpc) is 2.54. The van der Waals surface area contributed by atoms with Crippen molar-refractivity contribution < 1.29 is 9.90 Å². The standard InChI is InChI=1S/C20H23NO2/c1-4-5-11-18(21-16-9-7-6-8-10-16)19-15(3)14(2)12-13-17(19)20(22)23/h6-10,12-13H,4-5,11H2,1-3H3,(H,22,23). The van der Waals surface area contributed by atoms with Crippen LogP contribution in [0.15, 0.2) is 47.5 Å². The van der Waals surface area contributed by atoms with Gasteiger partial charge in [0.2, 0.25) is 0 Å². The van der Waals surface area contributed by atoms with E-state index in [1.54, 1.807) is 6.07 Å². The summed E-state index contributed by atoms with van der Waals surface area (Å²) >= 11 is 0. The molecule has 0 aliphatic heterocycles. The van der Waals surface area contributed by atoms with E-state index in [0.29, 0.717) is 5.56 Å². The van der Waals surface area contributed by atoms with Crippen LogP contribution < -0.4 is 0 Å². The van der Waals surface area contributed by atoms with Crippen LogP contribution in [-0.2, 0) is 0 Å². The molecule has 120 valence electrons. The van der Waals surface area contributed by atoms with Gasteiger partial charge in [-0.3, -0.25) is 4.99 Å². The zero-order chi connectivity index (χ0) is 16.8. The smallest absolute Gasteiger partial charge is 0.336 e. The quantitative estimate of drug-likeness (QED) is 0.735. The molecule has 0 spiro atoms. The summed E-state index contributed by atoms with van der Waals surface area (Å²) in [4.78, 5) is 16.4. The van der Waals surface area contributed by atoms with Crippen LogP contribution in [0.25, 0.3) is 0 Å². The van der Waals surface area contributed by atoms with Gasteiger partial charge in [-0.05, 0) is 56.0 Å². The van der Waals surface area contributed by atoms with Gasteiger partial charge in [-0.1, -0.05) is 37.6 Å². The number of hydrogen-bond donors (Lipinski definition) is 1. The molecule has 0 aliphatic carbocycles. The summed E-state index contributed by atoms with van der Waals surface area (Å²) in [5.41, 5.74) is 4.90. The lowest BCUT2D eigenvalue weighted by Gasteiger charge is -2.15. The second kappa shape index (κ2) is 7.73. The van der Waals surface area contributed by atoms with Gasteiger partial charge in [0.1, 0.15) is 0 Å². The van der Waals surface area contributed by atoms with E-state index in [1.807, 2.05) is 50.2 Å². The molecule has 3 heteroatoms. The predicted octanol–water partition coefficient (Wildman–Crippen LogP) is 5.31. The van der Waals surface area contributed by atoms with Gasteiger partial charge in [-0.2, -0.15) is 0 Å². The van der Waals surface area contributed by atoms with Crippen molar-refractivity contribution in [3.05, 3.63) is 64.7 Å². The number of aliphatic imine (C=N–C) groups is 1. The van der Waals surface area contributed by atoms with Crippen LogP contribution in [-0.4, -0.2) is 16.8 Å². The van der Waals surface area contributed by atoms with Gasteiger partial charge >= 0.3 is 5.97 Å². The molecule has 2 rings (SSSR count). The lowest BCUT2D eigenvalue weighted by molar-refractivity contribution is 0.0696. The van der Waals surface area contributed by atoms with E-state index in [9.17, 15) is 9.90 Å². The molecule has 2 aromatic carbocycles. The summed E-state index contributed by atoms with van der Waals surface area (Å²) in [7, 11) is 0. The lowest BCUT2D eigenvalue weighted by atomic mass is 9.91. The van der Waals surface area contributed by atoms with Crippen LogP contribution in [0.2, 0.25) is 0 Å². The van der Waals surface area contributed by atoms with E-state index in [2.05, 4.69) is 6.92 Å². The van der Waals surface area contributed by atoms with Crippen LogP contribution in [0.3, 0.4) is 0 Å². The average molecular weight is 309 g/mol. The van der Waals surface area contributed by atoms with Crippen molar-refractivity contribution in [2.24, 2.45) is 4.99 Å². The molecule has 0 bridgehead atoms. The van der Waals surface area contributed by atoms with E-state index < -0.39 is 5.97 Å². The number of benzene rings is 2. The molecule has 0 heterocycles. The molecule has 0 saturated carbocycles. The number of carboxylic acids is 1. The van der Waals surface area contributed by atoms with Crippen LogP contribution in [0.5, 0.6) is 0 Å². The summed E-state index contributed by atoms with van der Waals surface area (Å²) in [5, 5.41) is 9.57. The largest absolute Gasteiger partial charge is 0.478 e. The molecule has 2 aromatic rings. The van der Waals surface area contributed by atoms with E-state index in [4.69, 9.17) is 4.99 Å². The Morgan fingerprint density at radius 2 is 1.78 bits per heavy atom. The van der Waals surface area contributed by atoms with Gasteiger partial charge in [0.25, 0.3) is 0 Å². The van der Waals surface area contributed by atoms with Crippen LogP contribution in [0.4, 0.5) is 5.69 Å². The minimum absolute atomic E-state index is 0.332. The molecule has 0 atom stereocenters. The van der Waals surface area contributed by atoms with E-state index in [-0.39, 0.29) is 0 Å². The van der Waals surface area contributed by atoms with Crippen molar-refractivity contribution in [3.63, 3.8) is 0 Å². The summed E-state index contributed by atoms with van der Waals surface area (Å²) in [6.07, 6.45) is 2.80. The van der Waals surface area contributed by atoms with Gasteiger partial charge in [-0.25, -0.2) is 4.79 Å². The molecule has 0 fully saturated rings. The zero-order valence-corrected chi connectivity index (χ0v) is 14.0. The molecule has 0 unspecified atom stereocenters.